The Hall–Kier alpha value is -4.23. The first-order chi connectivity index (χ1) is 20.9. The lowest BCUT2D eigenvalue weighted by Gasteiger charge is -2.29. The van der Waals surface area contributed by atoms with Crippen LogP contribution in [-0.2, 0) is 29.0 Å². The molecule has 1 saturated heterocycles. The van der Waals surface area contributed by atoms with Gasteiger partial charge >= 0.3 is 0 Å². The van der Waals surface area contributed by atoms with Gasteiger partial charge in [-0.3, -0.25) is 14.4 Å². The highest BCUT2D eigenvalue weighted by Gasteiger charge is 2.28. The zero-order chi connectivity index (χ0) is 30.2. The molecule has 3 aromatic carbocycles. The first kappa shape index (κ1) is 30.2. The average molecular weight is 581 g/mol. The highest BCUT2D eigenvalue weighted by atomic mass is 16.5. The molecule has 0 bridgehead atoms. The summed E-state index contributed by atoms with van der Waals surface area (Å²) in [5.74, 6) is -0.454. The molecule has 1 aliphatic heterocycles. The minimum atomic E-state index is -0.251. The smallest absolute Gasteiger partial charge is 0.254 e. The van der Waals surface area contributed by atoms with Crippen molar-refractivity contribution in [2.24, 2.45) is 0 Å². The van der Waals surface area contributed by atoms with Gasteiger partial charge in [-0.1, -0.05) is 67.4 Å². The molecule has 4 aromatic rings. The molecular formula is C36H40N2O5. The number of carbonyl (C=O) groups is 2. The number of rotatable bonds is 12. The number of ether oxygens (including phenoxy) is 1. The van der Waals surface area contributed by atoms with E-state index in [1.54, 1.807) is 15.9 Å². The van der Waals surface area contributed by atoms with E-state index in [0.29, 0.717) is 41.8 Å². The summed E-state index contributed by atoms with van der Waals surface area (Å²) in [5.41, 5.74) is 4.36. The maximum Gasteiger partial charge on any atom is 0.254 e. The number of aryl methyl sites for hydroxylation is 2. The summed E-state index contributed by atoms with van der Waals surface area (Å²) < 4.78 is 11.7. The van der Waals surface area contributed by atoms with Crippen LogP contribution in [0.4, 0.5) is 0 Å². The summed E-state index contributed by atoms with van der Waals surface area (Å²) in [7, 11) is 0. The molecule has 5 rings (SSSR count). The van der Waals surface area contributed by atoms with Crippen molar-refractivity contribution in [3.8, 4) is 0 Å². The standard InChI is InChI=1S/C36H40N2O5/c1-3-4-9-27-14-16-29(17-15-27)36(41)38(23-31-12-8-19-42-31)24-34(39)37(21-28-10-6-5-7-11-28)22-30-25-43-33-18-13-26(2)20-32(33)35(30)40/h5-7,10-11,13-18,20,25,31H,3-4,8-9,12,19,21-24H2,1-2H3. The van der Waals surface area contributed by atoms with Crippen molar-refractivity contribution in [1.82, 2.24) is 9.80 Å². The SMILES string of the molecule is CCCCc1ccc(C(=O)N(CC(=O)N(Cc2ccccc2)Cc2coc3ccc(C)cc3c2=O)CC2CCCO2)cc1. The molecule has 0 spiro atoms. The van der Waals surface area contributed by atoms with Crippen LogP contribution < -0.4 is 5.43 Å². The maximum absolute atomic E-state index is 14.0. The number of hydrogen-bond acceptors (Lipinski definition) is 5. The number of nitrogens with zero attached hydrogens (tertiary/aromatic N) is 2. The quantitative estimate of drug-likeness (QED) is 0.197. The van der Waals surface area contributed by atoms with Crippen LogP contribution in [0, 0.1) is 6.92 Å². The molecule has 1 atom stereocenters. The van der Waals surface area contributed by atoms with Crippen molar-refractivity contribution in [2.45, 2.75) is 65.1 Å². The Morgan fingerprint density at radius 3 is 2.44 bits per heavy atom. The van der Waals surface area contributed by atoms with Crippen LogP contribution in [0.2, 0.25) is 0 Å². The molecule has 43 heavy (non-hydrogen) atoms. The first-order valence-electron chi connectivity index (χ1n) is 15.2. The molecule has 0 saturated carbocycles. The van der Waals surface area contributed by atoms with Crippen LogP contribution in [0.1, 0.15) is 65.2 Å². The summed E-state index contributed by atoms with van der Waals surface area (Å²) in [6.45, 7) is 5.30. The van der Waals surface area contributed by atoms with Gasteiger partial charge in [0.25, 0.3) is 5.91 Å². The minimum absolute atomic E-state index is 0.0635. The van der Waals surface area contributed by atoms with E-state index in [4.69, 9.17) is 9.15 Å². The van der Waals surface area contributed by atoms with Crippen molar-refractivity contribution >= 4 is 22.8 Å². The number of benzene rings is 3. The lowest BCUT2D eigenvalue weighted by Crippen LogP contribution is -2.45. The highest BCUT2D eigenvalue weighted by Crippen LogP contribution is 2.19. The lowest BCUT2D eigenvalue weighted by molar-refractivity contribution is -0.133. The molecule has 0 radical (unpaired) electrons. The number of unbranched alkanes of at least 4 members (excludes halogenated alkanes) is 1. The fourth-order valence-corrected chi connectivity index (χ4v) is 5.53. The van der Waals surface area contributed by atoms with Gasteiger partial charge in [0.2, 0.25) is 5.91 Å². The van der Waals surface area contributed by atoms with E-state index in [-0.39, 0.29) is 36.4 Å². The monoisotopic (exact) mass is 580 g/mol. The minimum Gasteiger partial charge on any atom is -0.464 e. The van der Waals surface area contributed by atoms with Gasteiger partial charge in [-0.05, 0) is 68.0 Å². The second-order valence-corrected chi connectivity index (χ2v) is 11.4. The molecule has 2 heterocycles. The molecular weight excluding hydrogens is 540 g/mol. The zero-order valence-electron chi connectivity index (χ0n) is 25.1. The Morgan fingerprint density at radius 2 is 1.72 bits per heavy atom. The van der Waals surface area contributed by atoms with Gasteiger partial charge in [0.15, 0.2) is 5.43 Å². The molecule has 0 N–H and O–H groups in total. The summed E-state index contributed by atoms with van der Waals surface area (Å²) >= 11 is 0. The van der Waals surface area contributed by atoms with Crippen LogP contribution in [0.25, 0.3) is 11.0 Å². The second kappa shape index (κ2) is 14.3. The number of carbonyl (C=O) groups excluding carboxylic acids is 2. The van der Waals surface area contributed by atoms with Crippen LogP contribution in [0.3, 0.4) is 0 Å². The molecule has 1 unspecified atom stereocenters. The molecule has 7 heteroatoms. The Bertz CT molecular complexity index is 1590. The molecule has 0 aliphatic carbocycles. The summed E-state index contributed by atoms with van der Waals surface area (Å²) in [5, 5.41) is 0.488. The second-order valence-electron chi connectivity index (χ2n) is 11.4. The first-order valence-corrected chi connectivity index (χ1v) is 15.2. The number of hydrogen-bond donors (Lipinski definition) is 0. The Kier molecular flexibility index (Phi) is 10.1. The predicted molar refractivity (Wildman–Crippen MR) is 168 cm³/mol. The summed E-state index contributed by atoms with van der Waals surface area (Å²) in [6, 6.07) is 22.8. The fraction of sp³-hybridized carbons (Fsp3) is 0.361. The van der Waals surface area contributed by atoms with Crippen molar-refractivity contribution in [1.29, 1.82) is 0 Å². The van der Waals surface area contributed by atoms with Gasteiger partial charge in [-0.25, -0.2) is 0 Å². The van der Waals surface area contributed by atoms with Crippen molar-refractivity contribution in [3.63, 3.8) is 0 Å². The molecule has 1 aliphatic rings. The Balaban J connectivity index is 1.41. The van der Waals surface area contributed by atoms with Crippen LogP contribution >= 0.6 is 0 Å². The topological polar surface area (TPSA) is 80.1 Å². The summed E-state index contributed by atoms with van der Waals surface area (Å²) in [4.78, 5) is 44.5. The van der Waals surface area contributed by atoms with Crippen molar-refractivity contribution in [3.05, 3.63) is 117 Å². The highest BCUT2D eigenvalue weighted by molar-refractivity contribution is 5.96. The Labute approximate surface area is 253 Å². The van der Waals surface area contributed by atoms with Gasteiger partial charge in [0.05, 0.1) is 29.9 Å². The van der Waals surface area contributed by atoms with Crippen LogP contribution in [0.15, 0.2) is 88.3 Å². The fourth-order valence-electron chi connectivity index (χ4n) is 5.53. The van der Waals surface area contributed by atoms with Gasteiger partial charge in [-0.2, -0.15) is 0 Å². The van der Waals surface area contributed by atoms with Gasteiger partial charge < -0.3 is 19.0 Å². The van der Waals surface area contributed by atoms with Crippen LogP contribution in [0.5, 0.6) is 0 Å². The third-order valence-corrected chi connectivity index (χ3v) is 8.01. The largest absolute Gasteiger partial charge is 0.464 e. The van der Waals surface area contributed by atoms with E-state index in [0.717, 1.165) is 43.2 Å². The van der Waals surface area contributed by atoms with Crippen LogP contribution in [-0.4, -0.2) is 47.4 Å². The zero-order valence-corrected chi connectivity index (χ0v) is 25.1. The van der Waals surface area contributed by atoms with Gasteiger partial charge in [0.1, 0.15) is 12.1 Å². The predicted octanol–water partition coefficient (Wildman–Crippen LogP) is 6.29. The molecule has 1 aromatic heterocycles. The normalized spacial score (nSPS) is 14.6. The lowest BCUT2D eigenvalue weighted by atomic mass is 10.1. The summed E-state index contributed by atoms with van der Waals surface area (Å²) in [6.07, 6.45) is 6.29. The van der Waals surface area contributed by atoms with Crippen molar-refractivity contribution < 1.29 is 18.7 Å². The van der Waals surface area contributed by atoms with E-state index >= 15 is 0 Å². The van der Waals surface area contributed by atoms with E-state index in [1.165, 1.54) is 11.8 Å². The van der Waals surface area contributed by atoms with E-state index in [2.05, 4.69) is 6.92 Å². The molecule has 7 nitrogen and oxygen atoms in total. The number of fused-ring (bicyclic) bond motifs is 1. The molecule has 1 fully saturated rings. The molecule has 2 amide bonds. The van der Waals surface area contributed by atoms with Crippen molar-refractivity contribution in [2.75, 3.05) is 19.7 Å². The van der Waals surface area contributed by atoms with E-state index in [1.807, 2.05) is 73.7 Å². The maximum atomic E-state index is 14.0. The van der Waals surface area contributed by atoms with Gasteiger partial charge in [0, 0.05) is 25.3 Å². The Morgan fingerprint density at radius 1 is 0.930 bits per heavy atom. The van der Waals surface area contributed by atoms with E-state index in [9.17, 15) is 14.4 Å². The van der Waals surface area contributed by atoms with Gasteiger partial charge in [-0.15, -0.1) is 0 Å². The third kappa shape index (κ3) is 7.79. The molecule has 224 valence electrons. The third-order valence-electron chi connectivity index (χ3n) is 8.01. The average Bonchev–Trinajstić information content (AvgIpc) is 3.54. The number of amides is 2. The van der Waals surface area contributed by atoms with E-state index < -0.39 is 0 Å².